The zero-order valence-corrected chi connectivity index (χ0v) is 33.6. The van der Waals surface area contributed by atoms with Crippen LogP contribution >= 0.6 is 22.9 Å². The molecule has 2 saturated heterocycles. The number of aromatic nitrogens is 2. The Labute approximate surface area is 342 Å². The number of aryl methyl sites for hydroxylation is 2. The fourth-order valence-electron chi connectivity index (χ4n) is 10.4. The quantitative estimate of drug-likeness (QED) is 0.107. The van der Waals surface area contributed by atoms with Crippen LogP contribution in [0.4, 0.5) is 11.5 Å². The minimum Gasteiger partial charge on any atom is -0.508 e. The van der Waals surface area contributed by atoms with Gasteiger partial charge in [-0.2, -0.15) is 5.10 Å². The number of amides is 4. The minimum atomic E-state index is -1.29. The Morgan fingerprint density at radius 2 is 1.74 bits per heavy atom. The maximum Gasteiger partial charge on any atom is 0.242 e. The highest BCUT2D eigenvalue weighted by molar-refractivity contribution is 7.22. The third kappa shape index (κ3) is 5.10. The molecular formula is C45H37ClN4O7S. The highest BCUT2D eigenvalue weighted by atomic mass is 35.5. The van der Waals surface area contributed by atoms with Gasteiger partial charge in [0.25, 0.3) is 0 Å². The van der Waals surface area contributed by atoms with E-state index in [1.165, 1.54) is 16.7 Å². The van der Waals surface area contributed by atoms with Crippen LogP contribution in [0.5, 0.6) is 11.5 Å². The first-order valence-corrected chi connectivity index (χ1v) is 20.4. The topological polar surface area (TPSA) is 139 Å². The molecule has 1 saturated carbocycles. The maximum absolute atomic E-state index is 15.3. The van der Waals surface area contributed by atoms with E-state index in [0.717, 1.165) is 37.2 Å². The van der Waals surface area contributed by atoms with Crippen molar-refractivity contribution >= 4 is 73.9 Å². The number of hydrogen-bond donors (Lipinski definition) is 1. The molecule has 0 bridgehead atoms. The summed E-state index contributed by atoms with van der Waals surface area (Å²) in [5.41, 5.74) is 3.47. The first-order valence-electron chi connectivity index (χ1n) is 19.2. The number of hydrogen-bond acceptors (Lipinski definition) is 9. The van der Waals surface area contributed by atoms with Gasteiger partial charge in [-0.05, 0) is 117 Å². The number of halogens is 1. The van der Waals surface area contributed by atoms with Gasteiger partial charge >= 0.3 is 0 Å². The SMILES string of the molecule is CC(=O)c1ccc(N2C(=O)C3CC=C4C(CC5C(=O)N(c6cc(-c7sc8ccc(Cl)cc8c7C)nn6C)C(=O)C5(C)C4C4=COc5ccc(O)cc5C4)C3C2=O)cc1. The van der Waals surface area contributed by atoms with E-state index in [1.807, 2.05) is 38.1 Å². The highest BCUT2D eigenvalue weighted by Crippen LogP contribution is 2.63. The zero-order valence-electron chi connectivity index (χ0n) is 32.0. The van der Waals surface area contributed by atoms with Gasteiger partial charge in [0.2, 0.25) is 23.6 Å². The molecule has 1 N–H and O–H groups in total. The minimum absolute atomic E-state index is 0.0719. The molecule has 5 aromatic rings. The number of benzene rings is 3. The van der Waals surface area contributed by atoms with Crippen molar-refractivity contribution in [3.63, 3.8) is 0 Å². The summed E-state index contributed by atoms with van der Waals surface area (Å²) >= 11 is 7.90. The summed E-state index contributed by atoms with van der Waals surface area (Å²) in [6.07, 6.45) is 4.45. The molecule has 10 rings (SSSR count). The molecule has 2 aromatic heterocycles. The molecule has 3 aromatic carbocycles. The Morgan fingerprint density at radius 1 is 0.966 bits per heavy atom. The van der Waals surface area contributed by atoms with Crippen LogP contribution in [0.15, 0.2) is 90.2 Å². The number of imide groups is 2. The van der Waals surface area contributed by atoms with Crippen LogP contribution in [0.3, 0.4) is 0 Å². The number of Topliss-reactive ketones (excluding diaryl/α,β-unsaturated/α-hetero) is 1. The summed E-state index contributed by atoms with van der Waals surface area (Å²) in [5, 5.41) is 16.9. The van der Waals surface area contributed by atoms with Crippen LogP contribution in [0.1, 0.15) is 48.2 Å². The normalized spacial score (nSPS) is 26.3. The van der Waals surface area contributed by atoms with Crippen molar-refractivity contribution in [3.8, 4) is 22.1 Å². The van der Waals surface area contributed by atoms with Gasteiger partial charge in [-0.1, -0.05) is 23.3 Å². The second-order valence-electron chi connectivity index (χ2n) is 16.3. The summed E-state index contributed by atoms with van der Waals surface area (Å²) in [4.78, 5) is 74.3. The van der Waals surface area contributed by atoms with E-state index in [-0.39, 0.29) is 42.1 Å². The number of thiophene rings is 1. The zero-order chi connectivity index (χ0) is 40.5. The van der Waals surface area contributed by atoms with E-state index >= 15 is 9.59 Å². The first kappa shape index (κ1) is 36.5. The molecule has 58 heavy (non-hydrogen) atoms. The molecule has 3 fully saturated rings. The van der Waals surface area contributed by atoms with E-state index in [2.05, 4.69) is 0 Å². The number of carbonyl (C=O) groups is 5. The van der Waals surface area contributed by atoms with Gasteiger partial charge < -0.3 is 9.84 Å². The van der Waals surface area contributed by atoms with E-state index in [1.54, 1.807) is 77.9 Å². The average molecular weight is 813 g/mol. The van der Waals surface area contributed by atoms with Crippen LogP contribution in [-0.4, -0.2) is 44.3 Å². The number of allylic oxidation sites excluding steroid dienone is 3. The van der Waals surface area contributed by atoms with Crippen LogP contribution < -0.4 is 14.5 Å². The number of nitrogens with zero attached hydrogens (tertiary/aromatic N) is 4. The summed E-state index contributed by atoms with van der Waals surface area (Å²) in [6.45, 7) is 5.30. The summed E-state index contributed by atoms with van der Waals surface area (Å²) in [5.74, 6) is -4.08. The third-order valence-corrected chi connectivity index (χ3v) is 14.7. The lowest BCUT2D eigenvalue weighted by atomic mass is 9.51. The van der Waals surface area contributed by atoms with Crippen molar-refractivity contribution in [3.05, 3.63) is 112 Å². The van der Waals surface area contributed by atoms with Crippen molar-refractivity contribution in [2.45, 2.75) is 40.0 Å². The van der Waals surface area contributed by atoms with Crippen LogP contribution in [0.2, 0.25) is 5.02 Å². The third-order valence-electron chi connectivity index (χ3n) is 13.2. The van der Waals surface area contributed by atoms with Gasteiger partial charge in [-0.3, -0.25) is 33.6 Å². The largest absolute Gasteiger partial charge is 0.508 e. The number of ether oxygens (including phenoxy) is 1. The lowest BCUT2D eigenvalue weighted by Gasteiger charge is -2.49. The Morgan fingerprint density at radius 3 is 2.50 bits per heavy atom. The smallest absolute Gasteiger partial charge is 0.242 e. The fourth-order valence-corrected chi connectivity index (χ4v) is 11.7. The Kier molecular flexibility index (Phi) is 8.07. The van der Waals surface area contributed by atoms with E-state index in [0.29, 0.717) is 40.0 Å². The summed E-state index contributed by atoms with van der Waals surface area (Å²) in [6, 6.07) is 18.8. The number of carbonyl (C=O) groups excluding carboxylic acids is 5. The molecule has 11 nitrogen and oxygen atoms in total. The number of ketones is 1. The van der Waals surface area contributed by atoms with Crippen LogP contribution in [0.25, 0.3) is 20.7 Å². The molecule has 0 spiro atoms. The Balaban J connectivity index is 1.07. The second kappa shape index (κ2) is 12.8. The molecule has 0 radical (unpaired) electrons. The maximum atomic E-state index is 15.3. The van der Waals surface area contributed by atoms with E-state index < -0.39 is 40.9 Å². The monoisotopic (exact) mass is 812 g/mol. The molecule has 3 aliphatic heterocycles. The van der Waals surface area contributed by atoms with Crippen LogP contribution in [0, 0.1) is 41.9 Å². The lowest BCUT2D eigenvalue weighted by molar-refractivity contribution is -0.132. The number of anilines is 2. The molecule has 5 aliphatic rings. The molecule has 2 aliphatic carbocycles. The summed E-state index contributed by atoms with van der Waals surface area (Å²) < 4.78 is 8.75. The standard InChI is InChI=1S/C45H37ClN4O7S/c1-21-31-17-26(46)7-14-36(31)58-40(21)34-19-37(48(4)47-34)50-42(54)33-18-32-29(39(45(33,3)44(50)56)25-15-24-16-28(52)10-13-35(24)57-20-25)11-12-30-38(32)43(55)49(41(30)53)27-8-5-23(6-9-27)22(2)51/h5-11,13-14,16-17,19-20,30,32-33,38-39,52H,12,15,18H2,1-4H3. The Hall–Kier alpha value is -5.85. The number of rotatable bonds is 5. The van der Waals surface area contributed by atoms with Crippen LogP contribution in [-0.2, 0) is 32.6 Å². The van der Waals surface area contributed by atoms with Gasteiger partial charge in [0, 0.05) is 46.3 Å². The second-order valence-corrected chi connectivity index (χ2v) is 17.8. The molecule has 4 amide bonds. The van der Waals surface area contributed by atoms with Gasteiger partial charge in [-0.25, -0.2) is 4.90 Å². The molecule has 6 atom stereocenters. The number of aromatic hydroxyl groups is 1. The predicted octanol–water partition coefficient (Wildman–Crippen LogP) is 7.96. The van der Waals surface area contributed by atoms with E-state index in [4.69, 9.17) is 21.4 Å². The average Bonchev–Trinajstić information content (AvgIpc) is 3.87. The summed E-state index contributed by atoms with van der Waals surface area (Å²) in [7, 11) is 1.72. The van der Waals surface area contributed by atoms with E-state index in [9.17, 15) is 19.5 Å². The van der Waals surface area contributed by atoms with Crippen molar-refractivity contribution < 1.29 is 33.8 Å². The van der Waals surface area contributed by atoms with Crippen molar-refractivity contribution in [2.24, 2.45) is 42.1 Å². The van der Waals surface area contributed by atoms with Crippen molar-refractivity contribution in [1.82, 2.24) is 9.78 Å². The first-order chi connectivity index (χ1) is 27.8. The van der Waals surface area contributed by atoms with Gasteiger partial charge in [-0.15, -0.1) is 11.3 Å². The van der Waals surface area contributed by atoms with Gasteiger partial charge in [0.1, 0.15) is 23.0 Å². The van der Waals surface area contributed by atoms with Gasteiger partial charge in [0.05, 0.1) is 40.0 Å². The lowest BCUT2D eigenvalue weighted by Crippen LogP contribution is -2.51. The Bertz CT molecular complexity index is 2770. The fraction of sp³-hybridized carbons (Fsp3) is 0.289. The number of fused-ring (bicyclic) bond motifs is 6. The van der Waals surface area contributed by atoms with Gasteiger partial charge in [0.15, 0.2) is 5.78 Å². The molecule has 5 heterocycles. The molecule has 13 heteroatoms. The molecular weight excluding hydrogens is 776 g/mol. The molecule has 292 valence electrons. The number of phenols is 1. The highest BCUT2D eigenvalue weighted by Gasteiger charge is 2.68. The predicted molar refractivity (Wildman–Crippen MR) is 219 cm³/mol. The number of phenolic OH excluding ortho intramolecular Hbond substituents is 1. The van der Waals surface area contributed by atoms with Crippen molar-refractivity contribution in [1.29, 1.82) is 0 Å². The van der Waals surface area contributed by atoms with Crippen molar-refractivity contribution in [2.75, 3.05) is 9.80 Å². The molecule has 6 unspecified atom stereocenters.